The monoisotopic (exact) mass is 691 g/mol. The number of nitrogens with zero attached hydrogens (tertiary/aromatic N) is 2. The number of hydrogen-bond donors (Lipinski definition) is 1. The molecule has 1 unspecified atom stereocenters. The van der Waals surface area contributed by atoms with Gasteiger partial charge in [-0.2, -0.15) is 0 Å². The second kappa shape index (κ2) is 15.8. The Morgan fingerprint density at radius 1 is 0.809 bits per heavy atom. The number of rotatable bonds is 13. The molecule has 10 heteroatoms. The van der Waals surface area contributed by atoms with Crippen LogP contribution in [0, 0.1) is 0 Å². The van der Waals surface area contributed by atoms with E-state index in [0.717, 1.165) is 47.5 Å². The minimum absolute atomic E-state index is 0.00802. The van der Waals surface area contributed by atoms with Crippen LogP contribution in [0.5, 0.6) is 0 Å². The van der Waals surface area contributed by atoms with Gasteiger partial charge < -0.3 is 10.2 Å². The van der Waals surface area contributed by atoms with Gasteiger partial charge in [-0.1, -0.05) is 110 Å². The van der Waals surface area contributed by atoms with E-state index < -0.39 is 28.5 Å². The number of aryl methyl sites for hydroxylation is 1. The molecule has 4 aromatic carbocycles. The fraction of sp³-hybridized carbons (Fsp3) is 0.297. The number of hydrogen-bond acceptors (Lipinski definition) is 4. The third kappa shape index (κ3) is 8.55. The summed E-state index contributed by atoms with van der Waals surface area (Å²) in [5.74, 6) is -0.871. The second-order valence-corrected chi connectivity index (χ2v) is 14.4. The summed E-state index contributed by atoms with van der Waals surface area (Å²) in [6.45, 7) is 1.37. The van der Waals surface area contributed by atoms with E-state index in [0.29, 0.717) is 21.3 Å². The summed E-state index contributed by atoms with van der Waals surface area (Å²) in [5, 5.41) is 3.86. The van der Waals surface area contributed by atoms with Gasteiger partial charge in [-0.15, -0.1) is 0 Å². The molecule has 0 heterocycles. The average molecular weight is 693 g/mol. The maximum absolute atomic E-state index is 14.7. The van der Waals surface area contributed by atoms with Crippen molar-refractivity contribution in [2.24, 2.45) is 0 Å². The van der Waals surface area contributed by atoms with Gasteiger partial charge in [0, 0.05) is 34.6 Å². The molecule has 0 spiro atoms. The van der Waals surface area contributed by atoms with Gasteiger partial charge in [0.05, 0.1) is 10.6 Å². The van der Waals surface area contributed by atoms with Crippen molar-refractivity contribution < 1.29 is 18.0 Å². The molecule has 5 rings (SSSR count). The molecule has 1 aliphatic rings. The van der Waals surface area contributed by atoms with E-state index >= 15 is 0 Å². The SMILES string of the molecule is CCc1ccc(N(CC(=O)N(Cc2c(Cl)cccc2Cl)C(Cc2ccccc2)C(=O)NC2CCCC2)S(=O)(=O)c2ccccc2)cc1. The largest absolute Gasteiger partial charge is 0.352 e. The number of carbonyl (C=O) groups is 2. The van der Waals surface area contributed by atoms with E-state index in [-0.39, 0.29) is 29.8 Å². The number of sulfonamides is 1. The summed E-state index contributed by atoms with van der Waals surface area (Å²) >= 11 is 13.2. The van der Waals surface area contributed by atoms with Crippen molar-refractivity contribution in [2.45, 2.75) is 69.0 Å². The van der Waals surface area contributed by atoms with Crippen molar-refractivity contribution >= 4 is 50.7 Å². The van der Waals surface area contributed by atoms with E-state index in [4.69, 9.17) is 23.2 Å². The minimum atomic E-state index is -4.18. The Bertz CT molecular complexity index is 1740. The van der Waals surface area contributed by atoms with Gasteiger partial charge in [0.15, 0.2) is 0 Å². The molecular weight excluding hydrogens is 653 g/mol. The molecule has 0 saturated heterocycles. The summed E-state index contributed by atoms with van der Waals surface area (Å²) in [4.78, 5) is 30.3. The van der Waals surface area contributed by atoms with Crippen molar-refractivity contribution in [1.29, 1.82) is 0 Å². The Morgan fingerprint density at radius 3 is 2.00 bits per heavy atom. The van der Waals surface area contributed by atoms with Gasteiger partial charge in [-0.25, -0.2) is 8.42 Å². The van der Waals surface area contributed by atoms with E-state index in [1.54, 1.807) is 48.5 Å². The molecule has 1 saturated carbocycles. The highest BCUT2D eigenvalue weighted by Gasteiger charge is 2.36. The van der Waals surface area contributed by atoms with Crippen LogP contribution in [0.15, 0.2) is 108 Å². The number of amides is 2. The molecule has 1 atom stereocenters. The molecule has 2 amide bonds. The zero-order valence-electron chi connectivity index (χ0n) is 26.3. The second-order valence-electron chi connectivity index (χ2n) is 11.8. The number of halogens is 2. The summed E-state index contributed by atoms with van der Waals surface area (Å²) in [5.41, 5.74) is 2.69. The third-order valence-corrected chi connectivity index (χ3v) is 11.1. The van der Waals surface area contributed by atoms with Crippen LogP contribution in [0.2, 0.25) is 10.0 Å². The predicted octanol–water partition coefficient (Wildman–Crippen LogP) is 7.45. The molecule has 4 aromatic rings. The Hall–Kier alpha value is -3.85. The van der Waals surface area contributed by atoms with Gasteiger partial charge in [0.25, 0.3) is 10.0 Å². The average Bonchev–Trinajstić information content (AvgIpc) is 3.60. The third-order valence-electron chi connectivity index (χ3n) is 8.61. The number of benzene rings is 4. The molecular formula is C37H39Cl2N3O4S. The zero-order chi connectivity index (χ0) is 33.4. The lowest BCUT2D eigenvalue weighted by atomic mass is 10.0. The van der Waals surface area contributed by atoms with Crippen LogP contribution in [0.3, 0.4) is 0 Å². The zero-order valence-corrected chi connectivity index (χ0v) is 28.6. The maximum Gasteiger partial charge on any atom is 0.264 e. The smallest absolute Gasteiger partial charge is 0.264 e. The summed E-state index contributed by atoms with van der Waals surface area (Å²) < 4.78 is 29.5. The van der Waals surface area contributed by atoms with E-state index in [9.17, 15) is 18.0 Å². The van der Waals surface area contributed by atoms with Crippen LogP contribution >= 0.6 is 23.2 Å². The topological polar surface area (TPSA) is 86.8 Å². The van der Waals surface area contributed by atoms with Crippen molar-refractivity contribution in [1.82, 2.24) is 10.2 Å². The minimum Gasteiger partial charge on any atom is -0.352 e. The standard InChI is InChI=1S/C37H39Cl2N3O4S/c1-2-27-20-22-30(23-21-27)42(47(45,46)31-16-7-4-8-17-31)26-36(43)41(25-32-33(38)18-11-19-34(32)39)35(24-28-12-5-3-6-13-28)37(44)40-29-14-9-10-15-29/h3-8,11-13,16-23,29,35H,2,9-10,14-15,24-26H2,1H3,(H,40,44). The van der Waals surface area contributed by atoms with Crippen molar-refractivity contribution in [3.05, 3.63) is 130 Å². The van der Waals surface area contributed by atoms with Crippen molar-refractivity contribution in [3.63, 3.8) is 0 Å². The van der Waals surface area contributed by atoms with E-state index in [1.165, 1.54) is 17.0 Å². The van der Waals surface area contributed by atoms with Crippen LogP contribution in [0.25, 0.3) is 0 Å². The normalized spacial score (nSPS) is 14.0. The molecule has 1 fully saturated rings. The van der Waals surface area contributed by atoms with Gasteiger partial charge in [-0.3, -0.25) is 13.9 Å². The molecule has 0 aromatic heterocycles. The van der Waals surface area contributed by atoms with Gasteiger partial charge in [0.2, 0.25) is 11.8 Å². The van der Waals surface area contributed by atoms with Crippen LogP contribution in [0.4, 0.5) is 5.69 Å². The lowest BCUT2D eigenvalue weighted by molar-refractivity contribution is -0.140. The first-order chi connectivity index (χ1) is 22.7. The molecule has 1 N–H and O–H groups in total. The lowest BCUT2D eigenvalue weighted by Crippen LogP contribution is -2.54. The van der Waals surface area contributed by atoms with Crippen molar-refractivity contribution in [2.75, 3.05) is 10.8 Å². The Kier molecular flexibility index (Phi) is 11.6. The highest BCUT2D eigenvalue weighted by Crippen LogP contribution is 2.29. The Labute approximate surface area is 287 Å². The molecule has 0 aliphatic heterocycles. The van der Waals surface area contributed by atoms with Crippen LogP contribution in [-0.4, -0.2) is 43.8 Å². The molecule has 7 nitrogen and oxygen atoms in total. The summed E-state index contributed by atoms with van der Waals surface area (Å²) in [6, 6.07) is 28.7. The van der Waals surface area contributed by atoms with E-state index in [1.807, 2.05) is 49.4 Å². The quantitative estimate of drug-likeness (QED) is 0.158. The number of nitrogens with one attached hydrogen (secondary N) is 1. The summed E-state index contributed by atoms with van der Waals surface area (Å²) in [6.07, 6.45) is 4.76. The van der Waals surface area contributed by atoms with E-state index in [2.05, 4.69) is 5.32 Å². The highest BCUT2D eigenvalue weighted by molar-refractivity contribution is 7.92. The predicted molar refractivity (Wildman–Crippen MR) is 188 cm³/mol. The molecule has 246 valence electrons. The van der Waals surface area contributed by atoms with Gasteiger partial charge >= 0.3 is 0 Å². The Morgan fingerprint density at radius 2 is 1.40 bits per heavy atom. The van der Waals surface area contributed by atoms with Crippen LogP contribution in [-0.2, 0) is 39.0 Å². The first-order valence-electron chi connectivity index (χ1n) is 15.9. The fourth-order valence-electron chi connectivity index (χ4n) is 5.92. The van der Waals surface area contributed by atoms with Crippen LogP contribution < -0.4 is 9.62 Å². The summed E-state index contributed by atoms with van der Waals surface area (Å²) in [7, 11) is -4.18. The fourth-order valence-corrected chi connectivity index (χ4v) is 7.87. The number of anilines is 1. The van der Waals surface area contributed by atoms with Crippen molar-refractivity contribution in [3.8, 4) is 0 Å². The van der Waals surface area contributed by atoms with Gasteiger partial charge in [0.1, 0.15) is 12.6 Å². The first-order valence-corrected chi connectivity index (χ1v) is 18.1. The molecule has 1 aliphatic carbocycles. The van der Waals surface area contributed by atoms with Gasteiger partial charge in [-0.05, 0) is 66.8 Å². The Balaban J connectivity index is 1.59. The highest BCUT2D eigenvalue weighted by atomic mass is 35.5. The molecule has 47 heavy (non-hydrogen) atoms. The lowest BCUT2D eigenvalue weighted by Gasteiger charge is -2.34. The number of carbonyl (C=O) groups excluding carboxylic acids is 2. The first kappa shape index (κ1) is 34.5. The maximum atomic E-state index is 14.7. The van der Waals surface area contributed by atoms with Crippen LogP contribution in [0.1, 0.15) is 49.3 Å². The molecule has 0 bridgehead atoms. The molecule has 0 radical (unpaired) electrons.